The van der Waals surface area contributed by atoms with E-state index in [0.717, 1.165) is 12.2 Å². The van der Waals surface area contributed by atoms with Gasteiger partial charge in [0.25, 0.3) is 5.91 Å². The van der Waals surface area contributed by atoms with Crippen LogP contribution >= 0.6 is 0 Å². The molecular weight excluding hydrogens is 262 g/mol. The lowest BCUT2D eigenvalue weighted by Crippen LogP contribution is -2.27. The number of benzene rings is 1. The lowest BCUT2D eigenvalue weighted by Gasteiger charge is -2.13. The minimum absolute atomic E-state index is 0.0252. The molecular formula is C17H23N3O. The van der Waals surface area contributed by atoms with Crippen molar-refractivity contribution in [2.75, 3.05) is 25.5 Å². The zero-order valence-electron chi connectivity index (χ0n) is 13.2. The first kappa shape index (κ1) is 15.2. The van der Waals surface area contributed by atoms with E-state index in [1.54, 1.807) is 0 Å². The Bertz CT molecular complexity index is 592. The molecule has 0 atom stereocenters. The molecule has 0 aliphatic heterocycles. The number of anilines is 1. The number of rotatable bonds is 5. The zero-order valence-corrected chi connectivity index (χ0v) is 13.2. The van der Waals surface area contributed by atoms with E-state index in [9.17, 15) is 4.79 Å². The number of amides is 1. The number of nitrogens with zero attached hydrogens (tertiary/aromatic N) is 2. The topological polar surface area (TPSA) is 37.3 Å². The van der Waals surface area contributed by atoms with Gasteiger partial charge >= 0.3 is 0 Å². The van der Waals surface area contributed by atoms with E-state index in [2.05, 4.69) is 35.9 Å². The highest BCUT2D eigenvalue weighted by molar-refractivity contribution is 5.94. The zero-order chi connectivity index (χ0) is 15.4. The number of carbonyl (C=O) groups excluding carboxylic acids is 1. The number of hydrogen-bond donors (Lipinski definition) is 1. The van der Waals surface area contributed by atoms with Gasteiger partial charge in [-0.05, 0) is 50.2 Å². The molecule has 1 N–H and O–H groups in total. The summed E-state index contributed by atoms with van der Waals surface area (Å²) in [5.41, 5.74) is 4.22. The Labute approximate surface area is 126 Å². The Hall–Kier alpha value is -2.23. The molecule has 1 heterocycles. The van der Waals surface area contributed by atoms with Crippen molar-refractivity contribution in [1.29, 1.82) is 0 Å². The van der Waals surface area contributed by atoms with Gasteiger partial charge in [0, 0.05) is 49.8 Å². The average molecular weight is 285 g/mol. The minimum Gasteiger partial charge on any atom is -0.378 e. The van der Waals surface area contributed by atoms with Crippen LogP contribution in [0.15, 0.2) is 36.4 Å². The molecule has 1 aromatic carbocycles. The molecule has 1 aromatic heterocycles. The van der Waals surface area contributed by atoms with Crippen molar-refractivity contribution in [3.8, 4) is 0 Å². The third kappa shape index (κ3) is 3.66. The highest BCUT2D eigenvalue weighted by Gasteiger charge is 2.06. The van der Waals surface area contributed by atoms with Gasteiger partial charge in [-0.3, -0.25) is 4.79 Å². The van der Waals surface area contributed by atoms with E-state index >= 15 is 0 Å². The quantitative estimate of drug-likeness (QED) is 0.917. The minimum atomic E-state index is -0.0252. The van der Waals surface area contributed by atoms with Crippen LogP contribution < -0.4 is 10.2 Å². The molecule has 0 unspecified atom stereocenters. The second-order valence-electron chi connectivity index (χ2n) is 5.46. The molecule has 2 rings (SSSR count). The van der Waals surface area contributed by atoms with Gasteiger partial charge in [-0.2, -0.15) is 0 Å². The van der Waals surface area contributed by atoms with Crippen molar-refractivity contribution >= 4 is 11.6 Å². The molecule has 0 saturated heterocycles. The van der Waals surface area contributed by atoms with Gasteiger partial charge in [0.15, 0.2) is 0 Å². The Kier molecular flexibility index (Phi) is 4.68. The molecule has 0 bridgehead atoms. The van der Waals surface area contributed by atoms with Gasteiger partial charge in [0.2, 0.25) is 0 Å². The summed E-state index contributed by atoms with van der Waals surface area (Å²) in [7, 11) is 3.97. The predicted molar refractivity (Wildman–Crippen MR) is 87.0 cm³/mol. The smallest absolute Gasteiger partial charge is 0.251 e. The van der Waals surface area contributed by atoms with Crippen LogP contribution in [0.5, 0.6) is 0 Å². The van der Waals surface area contributed by atoms with Gasteiger partial charge in [-0.25, -0.2) is 0 Å². The lowest BCUT2D eigenvalue weighted by atomic mass is 10.2. The van der Waals surface area contributed by atoms with Crippen molar-refractivity contribution in [1.82, 2.24) is 9.88 Å². The SMILES string of the molecule is Cc1ccc(C)n1CCNC(=O)c1ccc(N(C)C)cc1. The van der Waals surface area contributed by atoms with Crippen LogP contribution in [-0.4, -0.2) is 31.1 Å². The van der Waals surface area contributed by atoms with Crippen LogP contribution in [0.2, 0.25) is 0 Å². The summed E-state index contributed by atoms with van der Waals surface area (Å²) < 4.78 is 2.20. The van der Waals surface area contributed by atoms with Crippen LogP contribution in [0.4, 0.5) is 5.69 Å². The Morgan fingerprint density at radius 2 is 1.62 bits per heavy atom. The number of hydrogen-bond acceptors (Lipinski definition) is 2. The maximum absolute atomic E-state index is 12.1. The maximum atomic E-state index is 12.1. The molecule has 4 heteroatoms. The van der Waals surface area contributed by atoms with Crippen LogP contribution in [-0.2, 0) is 6.54 Å². The molecule has 0 aliphatic carbocycles. The highest BCUT2D eigenvalue weighted by Crippen LogP contribution is 2.12. The van der Waals surface area contributed by atoms with Crippen molar-refractivity contribution < 1.29 is 4.79 Å². The van der Waals surface area contributed by atoms with E-state index < -0.39 is 0 Å². The normalized spacial score (nSPS) is 10.5. The Morgan fingerprint density at radius 1 is 1.05 bits per heavy atom. The fourth-order valence-electron chi connectivity index (χ4n) is 2.35. The average Bonchev–Trinajstić information content (AvgIpc) is 2.79. The first-order valence-electron chi connectivity index (χ1n) is 7.17. The standard InChI is InChI=1S/C17H23N3O/c1-13-5-6-14(2)20(13)12-11-18-17(21)15-7-9-16(10-8-15)19(3)4/h5-10H,11-12H2,1-4H3,(H,18,21). The van der Waals surface area contributed by atoms with Gasteiger partial charge < -0.3 is 14.8 Å². The van der Waals surface area contributed by atoms with Gasteiger partial charge in [0.05, 0.1) is 0 Å². The van der Waals surface area contributed by atoms with Crippen LogP contribution in [0.25, 0.3) is 0 Å². The molecule has 2 aromatic rings. The predicted octanol–water partition coefficient (Wildman–Crippen LogP) is 2.60. The van der Waals surface area contributed by atoms with Crippen molar-refractivity contribution in [3.63, 3.8) is 0 Å². The number of aromatic nitrogens is 1. The third-order valence-corrected chi connectivity index (χ3v) is 3.68. The molecule has 0 saturated carbocycles. The van der Waals surface area contributed by atoms with Crippen molar-refractivity contribution in [2.24, 2.45) is 0 Å². The first-order valence-corrected chi connectivity index (χ1v) is 7.17. The molecule has 112 valence electrons. The summed E-state index contributed by atoms with van der Waals surface area (Å²) in [5.74, 6) is -0.0252. The summed E-state index contributed by atoms with van der Waals surface area (Å²) in [6.45, 7) is 5.58. The van der Waals surface area contributed by atoms with Gasteiger partial charge in [-0.1, -0.05) is 0 Å². The van der Waals surface area contributed by atoms with E-state index in [1.807, 2.05) is 43.3 Å². The molecule has 21 heavy (non-hydrogen) atoms. The second-order valence-corrected chi connectivity index (χ2v) is 5.46. The maximum Gasteiger partial charge on any atom is 0.251 e. The molecule has 0 radical (unpaired) electrons. The van der Waals surface area contributed by atoms with Crippen molar-refractivity contribution in [2.45, 2.75) is 20.4 Å². The fourth-order valence-corrected chi connectivity index (χ4v) is 2.35. The van der Waals surface area contributed by atoms with Gasteiger partial charge in [-0.15, -0.1) is 0 Å². The summed E-state index contributed by atoms with van der Waals surface area (Å²) >= 11 is 0. The largest absolute Gasteiger partial charge is 0.378 e. The van der Waals surface area contributed by atoms with E-state index in [4.69, 9.17) is 0 Å². The lowest BCUT2D eigenvalue weighted by molar-refractivity contribution is 0.0952. The monoisotopic (exact) mass is 285 g/mol. The molecule has 0 spiro atoms. The van der Waals surface area contributed by atoms with Crippen molar-refractivity contribution in [3.05, 3.63) is 53.3 Å². The summed E-state index contributed by atoms with van der Waals surface area (Å²) in [6, 6.07) is 11.8. The van der Waals surface area contributed by atoms with Gasteiger partial charge in [0.1, 0.15) is 0 Å². The van der Waals surface area contributed by atoms with Crippen LogP contribution in [0.3, 0.4) is 0 Å². The number of carbonyl (C=O) groups is 1. The summed E-state index contributed by atoms with van der Waals surface area (Å²) in [4.78, 5) is 14.1. The third-order valence-electron chi connectivity index (χ3n) is 3.68. The number of nitrogens with one attached hydrogen (secondary N) is 1. The van der Waals surface area contributed by atoms with E-state index in [-0.39, 0.29) is 5.91 Å². The first-order chi connectivity index (χ1) is 9.99. The fraction of sp³-hybridized carbons (Fsp3) is 0.353. The summed E-state index contributed by atoms with van der Waals surface area (Å²) in [5, 5.41) is 2.97. The van der Waals surface area contributed by atoms with E-state index in [0.29, 0.717) is 12.1 Å². The van der Waals surface area contributed by atoms with Crippen LogP contribution in [0, 0.1) is 13.8 Å². The van der Waals surface area contributed by atoms with Crippen LogP contribution in [0.1, 0.15) is 21.7 Å². The molecule has 4 nitrogen and oxygen atoms in total. The highest BCUT2D eigenvalue weighted by atomic mass is 16.1. The summed E-state index contributed by atoms with van der Waals surface area (Å²) in [6.07, 6.45) is 0. The Morgan fingerprint density at radius 3 is 2.14 bits per heavy atom. The Balaban J connectivity index is 1.90. The second kappa shape index (κ2) is 6.48. The molecule has 0 fully saturated rings. The molecule has 0 aliphatic rings. The number of aryl methyl sites for hydroxylation is 2. The van der Waals surface area contributed by atoms with E-state index in [1.165, 1.54) is 11.4 Å². The molecule has 1 amide bonds.